The van der Waals surface area contributed by atoms with E-state index in [4.69, 9.17) is 16.3 Å². The summed E-state index contributed by atoms with van der Waals surface area (Å²) in [5, 5.41) is 16.2. The van der Waals surface area contributed by atoms with E-state index in [0.717, 1.165) is 53.9 Å². The van der Waals surface area contributed by atoms with E-state index in [0.29, 0.717) is 24.7 Å². The van der Waals surface area contributed by atoms with Gasteiger partial charge in [0.2, 0.25) is 0 Å². The first-order valence-corrected chi connectivity index (χ1v) is 11.4. The molecule has 3 aromatic rings. The fraction of sp³-hybridized carbons (Fsp3) is 0.435. The van der Waals surface area contributed by atoms with Gasteiger partial charge in [-0.15, -0.1) is 5.10 Å². The van der Waals surface area contributed by atoms with Gasteiger partial charge < -0.3 is 15.0 Å². The molecule has 0 amide bonds. The molecule has 0 spiro atoms. The molecule has 1 atom stereocenters. The minimum atomic E-state index is -4.49. The number of alkyl halides is 3. The maximum Gasteiger partial charge on any atom is 0.416 e. The molecule has 2 aromatic carbocycles. The molecule has 0 saturated carbocycles. The highest BCUT2D eigenvalue weighted by Crippen LogP contribution is 2.42. The summed E-state index contributed by atoms with van der Waals surface area (Å²) in [6, 6.07) is 5.60. The molecule has 0 aliphatic carbocycles. The predicted octanol–water partition coefficient (Wildman–Crippen LogP) is 5.17. The Hall–Kier alpha value is -2.85. The summed E-state index contributed by atoms with van der Waals surface area (Å²) in [5.74, 6) is 0.350. The van der Waals surface area contributed by atoms with Crippen molar-refractivity contribution in [2.45, 2.75) is 51.7 Å². The lowest BCUT2D eigenvalue weighted by Crippen LogP contribution is -2.30. The fourth-order valence-electron chi connectivity index (χ4n) is 4.84. The van der Waals surface area contributed by atoms with Crippen molar-refractivity contribution in [3.63, 3.8) is 0 Å². The molecular weight excluding hydrogens is 469 g/mol. The molecule has 7 nitrogen and oxygen atoms in total. The van der Waals surface area contributed by atoms with Gasteiger partial charge in [0.15, 0.2) is 0 Å². The van der Waals surface area contributed by atoms with Crippen molar-refractivity contribution in [2.75, 3.05) is 16.8 Å². The van der Waals surface area contributed by atoms with Crippen LogP contribution in [0.3, 0.4) is 0 Å². The third-order valence-corrected chi connectivity index (χ3v) is 6.64. The van der Waals surface area contributed by atoms with Crippen LogP contribution in [0.2, 0.25) is 5.02 Å². The van der Waals surface area contributed by atoms with Gasteiger partial charge in [-0.25, -0.2) is 0 Å². The first kappa shape index (κ1) is 22.9. The van der Waals surface area contributed by atoms with Crippen molar-refractivity contribution in [1.82, 2.24) is 20.2 Å². The number of nitrogens with zero attached hydrogens (tertiary/aromatic N) is 5. The number of halogens is 4. The molecule has 1 N–H and O–H groups in total. The van der Waals surface area contributed by atoms with Crippen molar-refractivity contribution < 1.29 is 17.9 Å². The van der Waals surface area contributed by atoms with Crippen molar-refractivity contribution in [3.8, 4) is 0 Å². The number of hydrogen-bond acceptors (Lipinski definition) is 6. The summed E-state index contributed by atoms with van der Waals surface area (Å²) < 4.78 is 46.1. The Morgan fingerprint density at radius 3 is 2.79 bits per heavy atom. The third kappa shape index (κ3) is 4.32. The van der Waals surface area contributed by atoms with E-state index in [9.17, 15) is 13.2 Å². The molecule has 2 aliphatic heterocycles. The van der Waals surface area contributed by atoms with E-state index in [1.165, 1.54) is 10.4 Å². The average Bonchev–Trinajstić information content (AvgIpc) is 3.36. The number of fused-ring (bicyclic) bond motifs is 2. The topological polar surface area (TPSA) is 68.1 Å². The summed E-state index contributed by atoms with van der Waals surface area (Å²) >= 11 is 6.08. The van der Waals surface area contributed by atoms with Gasteiger partial charge in [0.1, 0.15) is 0 Å². The molecule has 11 heteroatoms. The Kier molecular flexibility index (Phi) is 5.89. The van der Waals surface area contributed by atoms with Crippen LogP contribution in [-0.2, 0) is 37.7 Å². The van der Waals surface area contributed by atoms with E-state index in [2.05, 4.69) is 33.7 Å². The van der Waals surface area contributed by atoms with Crippen molar-refractivity contribution >= 4 is 23.2 Å². The minimum Gasteiger partial charge on any atom is -0.385 e. The fourth-order valence-corrected chi connectivity index (χ4v) is 5.10. The molecule has 0 radical (unpaired) electrons. The Morgan fingerprint density at radius 2 is 2.06 bits per heavy atom. The van der Waals surface area contributed by atoms with Crippen LogP contribution in [0.15, 0.2) is 24.3 Å². The molecule has 0 unspecified atom stereocenters. The second-order valence-electron chi connectivity index (χ2n) is 8.73. The maximum absolute atomic E-state index is 13.5. The van der Waals surface area contributed by atoms with E-state index < -0.39 is 11.7 Å². The average molecular weight is 493 g/mol. The second kappa shape index (κ2) is 8.74. The number of nitrogens with one attached hydrogen (secondary N) is 1. The lowest BCUT2D eigenvalue weighted by molar-refractivity contribution is -0.137. The number of aromatic nitrogens is 4. The first-order valence-electron chi connectivity index (χ1n) is 11.0. The highest BCUT2D eigenvalue weighted by molar-refractivity contribution is 6.30. The number of rotatable bonds is 4. The summed E-state index contributed by atoms with van der Waals surface area (Å²) in [7, 11) is 1.66. The van der Waals surface area contributed by atoms with Crippen LogP contribution >= 0.6 is 11.6 Å². The number of ether oxygens (including phenoxy) is 1. The van der Waals surface area contributed by atoms with Crippen LogP contribution < -0.4 is 10.2 Å². The van der Waals surface area contributed by atoms with Crippen LogP contribution in [0.4, 0.5) is 24.8 Å². The van der Waals surface area contributed by atoms with E-state index in [-0.39, 0.29) is 17.6 Å². The van der Waals surface area contributed by atoms with Crippen LogP contribution in [-0.4, -0.2) is 26.8 Å². The van der Waals surface area contributed by atoms with Gasteiger partial charge >= 0.3 is 6.18 Å². The van der Waals surface area contributed by atoms with Crippen molar-refractivity contribution in [3.05, 3.63) is 62.7 Å². The largest absolute Gasteiger partial charge is 0.416 e. The molecule has 5 rings (SSSR count). The molecule has 34 heavy (non-hydrogen) atoms. The summed E-state index contributed by atoms with van der Waals surface area (Å²) in [6.45, 7) is 4.15. The summed E-state index contributed by atoms with van der Waals surface area (Å²) in [4.78, 5) is 3.27. The highest BCUT2D eigenvalue weighted by Gasteiger charge is 2.33. The standard InChI is InChI=1S/C23H24ClF3N6O/c1-13-19-12-34-11-15(19)8-18-20(4-3-5-28-21(13)18)33(22-29-31-32(2)30-22)10-14-6-16(23(25,26)27)9-17(24)7-14/h6-9,20,28H,3-5,10-12H2,1-2H3/t20-/m0/s1. The van der Waals surface area contributed by atoms with Gasteiger partial charge in [-0.2, -0.15) is 18.0 Å². The molecule has 2 aliphatic rings. The second-order valence-corrected chi connectivity index (χ2v) is 9.17. The zero-order valence-electron chi connectivity index (χ0n) is 18.8. The lowest BCUT2D eigenvalue weighted by atomic mass is 9.92. The van der Waals surface area contributed by atoms with Crippen molar-refractivity contribution in [1.29, 1.82) is 0 Å². The van der Waals surface area contributed by atoms with Gasteiger partial charge in [0, 0.05) is 23.8 Å². The van der Waals surface area contributed by atoms with Crippen LogP contribution in [0.25, 0.3) is 0 Å². The van der Waals surface area contributed by atoms with Gasteiger partial charge in [-0.05, 0) is 77.1 Å². The molecule has 0 bridgehead atoms. The summed E-state index contributed by atoms with van der Waals surface area (Å²) in [6.07, 6.45) is -2.85. The Bertz CT molecular complexity index is 1230. The normalized spacial score (nSPS) is 17.6. The smallest absolute Gasteiger partial charge is 0.385 e. The van der Waals surface area contributed by atoms with Gasteiger partial charge in [0.05, 0.1) is 31.9 Å². The predicted molar refractivity (Wildman–Crippen MR) is 122 cm³/mol. The molecule has 1 aromatic heterocycles. The van der Waals surface area contributed by atoms with Crippen LogP contribution in [0.5, 0.6) is 0 Å². The Labute approximate surface area is 199 Å². The van der Waals surface area contributed by atoms with Crippen LogP contribution in [0.1, 0.15) is 52.3 Å². The number of hydrogen-bond donors (Lipinski definition) is 1. The van der Waals surface area contributed by atoms with Crippen LogP contribution in [0, 0.1) is 6.92 Å². The molecule has 0 saturated heterocycles. The number of anilines is 2. The quantitative estimate of drug-likeness (QED) is 0.541. The molecular formula is C23H24ClF3N6O. The zero-order valence-corrected chi connectivity index (χ0v) is 19.5. The van der Waals surface area contributed by atoms with Gasteiger partial charge in [-0.3, -0.25) is 0 Å². The van der Waals surface area contributed by atoms with E-state index in [1.807, 2.05) is 4.90 Å². The maximum atomic E-state index is 13.5. The highest BCUT2D eigenvalue weighted by atomic mass is 35.5. The van der Waals surface area contributed by atoms with Gasteiger partial charge in [0.25, 0.3) is 5.95 Å². The number of benzene rings is 2. The minimum absolute atomic E-state index is 0.0330. The third-order valence-electron chi connectivity index (χ3n) is 6.42. The first-order chi connectivity index (χ1) is 16.2. The number of aryl methyl sites for hydroxylation is 1. The summed E-state index contributed by atoms with van der Waals surface area (Å²) in [5.41, 5.74) is 5.22. The lowest BCUT2D eigenvalue weighted by Gasteiger charge is -2.32. The molecule has 0 fully saturated rings. The SMILES string of the molecule is Cc1c2c(cc3c1NCCC[C@@H]3N(Cc1cc(Cl)cc(C(F)(F)F)c1)c1nnn(C)n1)COC2. The molecule has 3 heterocycles. The van der Waals surface area contributed by atoms with Gasteiger partial charge in [-0.1, -0.05) is 16.7 Å². The zero-order chi connectivity index (χ0) is 24.0. The van der Waals surface area contributed by atoms with E-state index in [1.54, 1.807) is 13.1 Å². The Morgan fingerprint density at radius 1 is 1.24 bits per heavy atom. The van der Waals surface area contributed by atoms with E-state index >= 15 is 0 Å². The molecule has 180 valence electrons. The van der Waals surface area contributed by atoms with Crippen molar-refractivity contribution in [2.24, 2.45) is 7.05 Å². The Balaban J connectivity index is 1.61. The number of tetrazole rings is 1. The monoisotopic (exact) mass is 492 g/mol.